The molecule has 26 heavy (non-hydrogen) atoms. The van der Waals surface area contributed by atoms with Gasteiger partial charge in [0.05, 0.1) is 18.6 Å². The van der Waals surface area contributed by atoms with E-state index in [2.05, 4.69) is 5.32 Å². The SMILES string of the molecule is COCCOc1ccc(C(C)Nc2ccc([N+](=O)[O-])c(C)c2)cc1OC. The van der Waals surface area contributed by atoms with Crippen LogP contribution in [0.15, 0.2) is 36.4 Å². The van der Waals surface area contributed by atoms with Crippen LogP contribution in [-0.4, -0.2) is 32.4 Å². The van der Waals surface area contributed by atoms with Gasteiger partial charge in [0, 0.05) is 30.5 Å². The summed E-state index contributed by atoms with van der Waals surface area (Å²) in [5.74, 6) is 1.30. The first-order valence-corrected chi connectivity index (χ1v) is 8.27. The second-order valence-corrected chi connectivity index (χ2v) is 5.88. The number of hydrogen-bond donors (Lipinski definition) is 1. The summed E-state index contributed by atoms with van der Waals surface area (Å²) in [4.78, 5) is 10.5. The molecule has 2 aromatic rings. The Bertz CT molecular complexity index is 764. The first-order valence-electron chi connectivity index (χ1n) is 8.27. The molecule has 7 heteroatoms. The predicted molar refractivity (Wildman–Crippen MR) is 100 cm³/mol. The fraction of sp³-hybridized carbons (Fsp3) is 0.368. The first kappa shape index (κ1) is 19.5. The number of ether oxygens (including phenoxy) is 3. The highest BCUT2D eigenvalue weighted by Gasteiger charge is 2.13. The molecule has 0 aliphatic carbocycles. The molecule has 2 rings (SSSR count). The van der Waals surface area contributed by atoms with E-state index in [-0.39, 0.29) is 16.7 Å². The third-order valence-electron chi connectivity index (χ3n) is 4.01. The summed E-state index contributed by atoms with van der Waals surface area (Å²) in [5, 5.41) is 14.3. The zero-order chi connectivity index (χ0) is 19.1. The van der Waals surface area contributed by atoms with Crippen molar-refractivity contribution in [3.63, 3.8) is 0 Å². The van der Waals surface area contributed by atoms with Gasteiger partial charge < -0.3 is 19.5 Å². The zero-order valence-corrected chi connectivity index (χ0v) is 15.4. The second kappa shape index (κ2) is 9.05. The summed E-state index contributed by atoms with van der Waals surface area (Å²) < 4.78 is 16.0. The van der Waals surface area contributed by atoms with Gasteiger partial charge in [0.15, 0.2) is 11.5 Å². The van der Waals surface area contributed by atoms with E-state index >= 15 is 0 Å². The predicted octanol–water partition coefficient (Wildman–Crippen LogP) is 4.11. The highest BCUT2D eigenvalue weighted by molar-refractivity contribution is 5.55. The molecule has 0 aliphatic rings. The van der Waals surface area contributed by atoms with Crippen LogP contribution in [0, 0.1) is 17.0 Å². The van der Waals surface area contributed by atoms with Crippen LogP contribution in [0.5, 0.6) is 11.5 Å². The number of nitro groups is 1. The van der Waals surface area contributed by atoms with Gasteiger partial charge in [0.1, 0.15) is 6.61 Å². The Labute approximate surface area is 153 Å². The zero-order valence-electron chi connectivity index (χ0n) is 15.4. The molecule has 0 bridgehead atoms. The molecule has 7 nitrogen and oxygen atoms in total. The van der Waals surface area contributed by atoms with Gasteiger partial charge in [-0.15, -0.1) is 0 Å². The van der Waals surface area contributed by atoms with E-state index in [1.165, 1.54) is 6.07 Å². The van der Waals surface area contributed by atoms with Crippen LogP contribution < -0.4 is 14.8 Å². The van der Waals surface area contributed by atoms with Crippen molar-refractivity contribution in [1.82, 2.24) is 0 Å². The van der Waals surface area contributed by atoms with Gasteiger partial charge in [-0.1, -0.05) is 6.07 Å². The van der Waals surface area contributed by atoms with Crippen molar-refractivity contribution in [3.8, 4) is 11.5 Å². The lowest BCUT2D eigenvalue weighted by Gasteiger charge is -2.18. The van der Waals surface area contributed by atoms with Gasteiger partial charge in [-0.25, -0.2) is 0 Å². The van der Waals surface area contributed by atoms with Gasteiger partial charge in [-0.05, 0) is 43.7 Å². The molecule has 1 atom stereocenters. The lowest BCUT2D eigenvalue weighted by Crippen LogP contribution is -2.09. The lowest BCUT2D eigenvalue weighted by molar-refractivity contribution is -0.385. The van der Waals surface area contributed by atoms with E-state index in [0.29, 0.717) is 30.3 Å². The summed E-state index contributed by atoms with van der Waals surface area (Å²) in [6.07, 6.45) is 0. The molecule has 0 amide bonds. The van der Waals surface area contributed by atoms with Crippen molar-refractivity contribution in [2.45, 2.75) is 19.9 Å². The summed E-state index contributed by atoms with van der Waals surface area (Å²) >= 11 is 0. The van der Waals surface area contributed by atoms with Gasteiger partial charge >= 0.3 is 0 Å². The highest BCUT2D eigenvalue weighted by atomic mass is 16.6. The molecule has 140 valence electrons. The van der Waals surface area contributed by atoms with Gasteiger partial charge in [0.25, 0.3) is 5.69 Å². The molecule has 0 aromatic heterocycles. The van der Waals surface area contributed by atoms with Gasteiger partial charge in [-0.3, -0.25) is 10.1 Å². The maximum absolute atomic E-state index is 10.9. The molecule has 1 unspecified atom stereocenters. The Hall–Kier alpha value is -2.80. The number of rotatable bonds is 9. The molecule has 0 radical (unpaired) electrons. The van der Waals surface area contributed by atoms with Gasteiger partial charge in [-0.2, -0.15) is 0 Å². The minimum atomic E-state index is -0.379. The van der Waals surface area contributed by atoms with Crippen molar-refractivity contribution in [2.24, 2.45) is 0 Å². The molecular formula is C19H24N2O5. The van der Waals surface area contributed by atoms with Crippen molar-refractivity contribution in [3.05, 3.63) is 57.6 Å². The van der Waals surface area contributed by atoms with Crippen molar-refractivity contribution in [2.75, 3.05) is 32.8 Å². The molecule has 0 spiro atoms. The van der Waals surface area contributed by atoms with Crippen LogP contribution >= 0.6 is 0 Å². The normalized spacial score (nSPS) is 11.7. The van der Waals surface area contributed by atoms with E-state index in [9.17, 15) is 10.1 Å². The number of methoxy groups -OCH3 is 2. The minimum absolute atomic E-state index is 0.0159. The number of hydrogen-bond acceptors (Lipinski definition) is 6. The van der Waals surface area contributed by atoms with E-state index in [0.717, 1.165) is 11.3 Å². The summed E-state index contributed by atoms with van der Waals surface area (Å²) in [6.45, 7) is 4.69. The Morgan fingerprint density at radius 3 is 2.50 bits per heavy atom. The number of benzene rings is 2. The number of nitrogens with one attached hydrogen (secondary N) is 1. The molecule has 0 saturated heterocycles. The minimum Gasteiger partial charge on any atom is -0.493 e. The Morgan fingerprint density at radius 1 is 1.12 bits per heavy atom. The summed E-state index contributed by atoms with van der Waals surface area (Å²) in [5.41, 5.74) is 2.56. The third kappa shape index (κ3) is 4.86. The van der Waals surface area contributed by atoms with Crippen molar-refractivity contribution in [1.29, 1.82) is 0 Å². The summed E-state index contributed by atoms with van der Waals surface area (Å²) in [7, 11) is 3.22. The average Bonchev–Trinajstić information content (AvgIpc) is 2.61. The average molecular weight is 360 g/mol. The maximum Gasteiger partial charge on any atom is 0.272 e. The fourth-order valence-electron chi connectivity index (χ4n) is 2.59. The Balaban J connectivity index is 2.12. The number of nitrogens with zero attached hydrogens (tertiary/aromatic N) is 1. The molecule has 0 aliphatic heterocycles. The summed E-state index contributed by atoms with van der Waals surface area (Å²) in [6, 6.07) is 10.7. The monoisotopic (exact) mass is 360 g/mol. The first-order chi connectivity index (χ1) is 12.5. The third-order valence-corrected chi connectivity index (χ3v) is 4.01. The largest absolute Gasteiger partial charge is 0.493 e. The highest BCUT2D eigenvalue weighted by Crippen LogP contribution is 2.32. The van der Waals surface area contributed by atoms with E-state index in [1.807, 2.05) is 25.1 Å². The standard InChI is InChI=1S/C19H24N2O5/c1-13-11-16(6-7-17(13)21(22)23)20-14(2)15-5-8-18(19(12-15)25-4)26-10-9-24-3/h5-8,11-12,14,20H,9-10H2,1-4H3. The van der Waals surface area contributed by atoms with Crippen LogP contribution in [0.4, 0.5) is 11.4 Å². The molecule has 0 heterocycles. The van der Waals surface area contributed by atoms with Crippen LogP contribution in [0.25, 0.3) is 0 Å². The topological polar surface area (TPSA) is 82.9 Å². The Kier molecular flexibility index (Phi) is 6.80. The molecule has 0 fully saturated rings. The van der Waals surface area contributed by atoms with Crippen LogP contribution in [-0.2, 0) is 4.74 Å². The van der Waals surface area contributed by atoms with Crippen LogP contribution in [0.1, 0.15) is 24.1 Å². The van der Waals surface area contributed by atoms with Crippen LogP contribution in [0.3, 0.4) is 0 Å². The number of anilines is 1. The van der Waals surface area contributed by atoms with E-state index < -0.39 is 0 Å². The van der Waals surface area contributed by atoms with E-state index in [4.69, 9.17) is 14.2 Å². The number of aryl methyl sites for hydroxylation is 1. The van der Waals surface area contributed by atoms with Crippen molar-refractivity contribution >= 4 is 11.4 Å². The molecule has 1 N–H and O–H groups in total. The lowest BCUT2D eigenvalue weighted by atomic mass is 10.1. The Morgan fingerprint density at radius 2 is 1.88 bits per heavy atom. The quantitative estimate of drug-likeness (QED) is 0.412. The maximum atomic E-state index is 10.9. The molecule has 2 aromatic carbocycles. The molecule has 0 saturated carbocycles. The molecular weight excluding hydrogens is 336 g/mol. The smallest absolute Gasteiger partial charge is 0.272 e. The second-order valence-electron chi connectivity index (χ2n) is 5.88. The van der Waals surface area contributed by atoms with Gasteiger partial charge in [0.2, 0.25) is 0 Å². The number of nitro benzene ring substituents is 1. The fourth-order valence-corrected chi connectivity index (χ4v) is 2.59. The van der Waals surface area contributed by atoms with E-state index in [1.54, 1.807) is 33.3 Å². The van der Waals surface area contributed by atoms with Crippen molar-refractivity contribution < 1.29 is 19.1 Å². The van der Waals surface area contributed by atoms with Crippen LogP contribution in [0.2, 0.25) is 0 Å².